The third-order valence-electron chi connectivity index (χ3n) is 3.55. The molecule has 0 aliphatic carbocycles. The molecular weight excluding hydrogens is 288 g/mol. The van der Waals surface area contributed by atoms with Gasteiger partial charge in [0.05, 0.1) is 25.1 Å². The number of hydrogen-bond acceptors (Lipinski definition) is 4. The summed E-state index contributed by atoms with van der Waals surface area (Å²) in [6.07, 6.45) is 4.49. The smallest absolute Gasteiger partial charge is 0.233 e. The summed E-state index contributed by atoms with van der Waals surface area (Å²) in [6, 6.07) is 0. The normalized spacial score (nSPS) is 20.9. The predicted octanol–water partition coefficient (Wildman–Crippen LogP) is 2.95. The molecule has 1 heterocycles. The van der Waals surface area contributed by atoms with Gasteiger partial charge in [0.25, 0.3) is 0 Å². The third-order valence-corrected chi connectivity index (χ3v) is 4.84. The molecule has 1 aliphatic rings. The first-order valence-electron chi connectivity index (χ1n) is 7.02. The van der Waals surface area contributed by atoms with Crippen LogP contribution in [0.4, 0.5) is 0 Å². The van der Waals surface area contributed by atoms with Crippen LogP contribution in [-0.2, 0) is 18.5 Å². The van der Waals surface area contributed by atoms with Gasteiger partial charge in [-0.25, -0.2) is 8.42 Å². The molecule has 0 aromatic rings. The van der Waals surface area contributed by atoms with Gasteiger partial charge in [0.1, 0.15) is 0 Å². The van der Waals surface area contributed by atoms with E-state index in [1.807, 2.05) is 0 Å². The monoisotopic (exact) mass is 312 g/mol. The molecule has 0 aromatic carbocycles. The lowest BCUT2D eigenvalue weighted by Gasteiger charge is -2.33. The molecule has 1 rings (SSSR count). The quantitative estimate of drug-likeness (QED) is 0.614. The number of hydrogen-bond donors (Lipinski definition) is 0. The molecule has 0 saturated carbocycles. The van der Waals surface area contributed by atoms with Crippen molar-refractivity contribution in [1.82, 2.24) is 0 Å². The first-order chi connectivity index (χ1) is 8.91. The van der Waals surface area contributed by atoms with Crippen LogP contribution < -0.4 is 0 Å². The van der Waals surface area contributed by atoms with Crippen LogP contribution >= 0.6 is 10.7 Å². The highest BCUT2D eigenvalue weighted by Gasteiger charge is 2.35. The van der Waals surface area contributed by atoms with Gasteiger partial charge < -0.3 is 9.47 Å². The van der Waals surface area contributed by atoms with E-state index in [9.17, 15) is 8.42 Å². The van der Waals surface area contributed by atoms with Crippen LogP contribution in [0.3, 0.4) is 0 Å². The highest BCUT2D eigenvalue weighted by molar-refractivity contribution is 8.13. The molecule has 1 fully saturated rings. The minimum absolute atomic E-state index is 0.00316. The number of rotatable bonds is 9. The molecule has 1 atom stereocenters. The van der Waals surface area contributed by atoms with Crippen LogP contribution in [0.5, 0.6) is 0 Å². The lowest BCUT2D eigenvalue weighted by atomic mass is 9.82. The van der Waals surface area contributed by atoms with E-state index < -0.39 is 9.05 Å². The van der Waals surface area contributed by atoms with Gasteiger partial charge in [-0.1, -0.05) is 26.7 Å². The summed E-state index contributed by atoms with van der Waals surface area (Å²) in [5.74, 6) is -0.00316. The largest absolute Gasteiger partial charge is 0.379 e. The van der Waals surface area contributed by atoms with Crippen molar-refractivity contribution in [3.05, 3.63) is 0 Å². The molecule has 4 nitrogen and oxygen atoms in total. The van der Waals surface area contributed by atoms with E-state index in [-0.39, 0.29) is 17.3 Å². The van der Waals surface area contributed by atoms with Crippen molar-refractivity contribution >= 4 is 19.7 Å². The van der Waals surface area contributed by atoms with E-state index in [0.29, 0.717) is 13.2 Å². The molecule has 0 bridgehead atoms. The second-order valence-corrected chi connectivity index (χ2v) is 8.26. The van der Waals surface area contributed by atoms with Gasteiger partial charge in [-0.15, -0.1) is 0 Å². The fourth-order valence-electron chi connectivity index (χ4n) is 2.82. The highest BCUT2D eigenvalue weighted by Crippen LogP contribution is 2.34. The lowest BCUT2D eigenvalue weighted by Crippen LogP contribution is -2.35. The second kappa shape index (κ2) is 7.81. The maximum atomic E-state index is 11.5. The molecule has 0 spiro atoms. The van der Waals surface area contributed by atoms with Crippen molar-refractivity contribution in [2.24, 2.45) is 5.41 Å². The average molecular weight is 313 g/mol. The minimum atomic E-state index is -3.51. The van der Waals surface area contributed by atoms with Crippen LogP contribution in [0.15, 0.2) is 0 Å². The van der Waals surface area contributed by atoms with Crippen LogP contribution in [-0.4, -0.2) is 40.1 Å². The predicted molar refractivity (Wildman–Crippen MR) is 77.1 cm³/mol. The Bertz CT molecular complexity index is 344. The minimum Gasteiger partial charge on any atom is -0.379 e. The molecule has 0 aromatic heterocycles. The van der Waals surface area contributed by atoms with E-state index in [4.69, 9.17) is 20.2 Å². The van der Waals surface area contributed by atoms with E-state index >= 15 is 0 Å². The summed E-state index contributed by atoms with van der Waals surface area (Å²) in [5, 5.41) is 0. The SMILES string of the molecule is CCCC(CCC)(COC1CCOC1)CS(=O)(=O)Cl. The summed E-state index contributed by atoms with van der Waals surface area (Å²) < 4.78 is 34.1. The molecule has 0 N–H and O–H groups in total. The molecule has 114 valence electrons. The average Bonchev–Trinajstić information content (AvgIpc) is 2.77. The van der Waals surface area contributed by atoms with E-state index in [1.54, 1.807) is 0 Å². The summed E-state index contributed by atoms with van der Waals surface area (Å²) in [5.41, 5.74) is -0.354. The summed E-state index contributed by atoms with van der Waals surface area (Å²) in [4.78, 5) is 0. The van der Waals surface area contributed by atoms with Gasteiger partial charge in [0, 0.05) is 22.7 Å². The van der Waals surface area contributed by atoms with Gasteiger partial charge in [-0.05, 0) is 19.3 Å². The van der Waals surface area contributed by atoms with Crippen molar-refractivity contribution in [1.29, 1.82) is 0 Å². The van der Waals surface area contributed by atoms with E-state index in [2.05, 4.69) is 13.8 Å². The molecule has 0 radical (unpaired) electrons. The van der Waals surface area contributed by atoms with Crippen molar-refractivity contribution in [3.8, 4) is 0 Å². The Labute approximate surface area is 121 Å². The van der Waals surface area contributed by atoms with Crippen molar-refractivity contribution < 1.29 is 17.9 Å². The zero-order valence-electron chi connectivity index (χ0n) is 11.9. The first kappa shape index (κ1) is 17.2. The van der Waals surface area contributed by atoms with Crippen molar-refractivity contribution in [2.45, 2.75) is 52.1 Å². The second-order valence-electron chi connectivity index (χ2n) is 5.48. The van der Waals surface area contributed by atoms with Crippen LogP contribution in [0.2, 0.25) is 0 Å². The number of halogens is 1. The Morgan fingerprint density at radius 2 is 1.95 bits per heavy atom. The Morgan fingerprint density at radius 3 is 2.37 bits per heavy atom. The Balaban J connectivity index is 2.69. The molecule has 0 amide bonds. The molecule has 1 unspecified atom stereocenters. The summed E-state index contributed by atoms with van der Waals surface area (Å²) >= 11 is 0. The molecule has 19 heavy (non-hydrogen) atoms. The molecular formula is C13H25ClO4S. The Hall–Kier alpha value is 0.160. The Kier molecular flexibility index (Phi) is 7.08. The van der Waals surface area contributed by atoms with E-state index in [0.717, 1.165) is 38.7 Å². The maximum Gasteiger partial charge on any atom is 0.233 e. The highest BCUT2D eigenvalue weighted by atomic mass is 35.7. The van der Waals surface area contributed by atoms with Gasteiger partial charge in [-0.3, -0.25) is 0 Å². The van der Waals surface area contributed by atoms with Gasteiger partial charge in [-0.2, -0.15) is 0 Å². The number of ether oxygens (including phenoxy) is 2. The topological polar surface area (TPSA) is 52.6 Å². The van der Waals surface area contributed by atoms with Crippen LogP contribution in [0, 0.1) is 5.41 Å². The van der Waals surface area contributed by atoms with Crippen molar-refractivity contribution in [3.63, 3.8) is 0 Å². The summed E-state index contributed by atoms with van der Waals surface area (Å²) in [6.45, 7) is 5.91. The van der Waals surface area contributed by atoms with Crippen LogP contribution in [0.1, 0.15) is 46.0 Å². The fraction of sp³-hybridized carbons (Fsp3) is 1.00. The summed E-state index contributed by atoms with van der Waals surface area (Å²) in [7, 11) is 1.97. The third kappa shape index (κ3) is 6.43. The van der Waals surface area contributed by atoms with Gasteiger partial charge in [0.2, 0.25) is 9.05 Å². The fourth-order valence-corrected chi connectivity index (χ4v) is 4.62. The molecule has 1 aliphatic heterocycles. The van der Waals surface area contributed by atoms with Crippen LogP contribution in [0.25, 0.3) is 0 Å². The van der Waals surface area contributed by atoms with E-state index in [1.165, 1.54) is 0 Å². The molecule has 6 heteroatoms. The zero-order chi connectivity index (χ0) is 14.4. The lowest BCUT2D eigenvalue weighted by molar-refractivity contribution is -0.0124. The maximum absolute atomic E-state index is 11.5. The van der Waals surface area contributed by atoms with Crippen molar-refractivity contribution in [2.75, 3.05) is 25.6 Å². The Morgan fingerprint density at radius 1 is 1.32 bits per heavy atom. The van der Waals surface area contributed by atoms with Gasteiger partial charge in [0.15, 0.2) is 0 Å². The first-order valence-corrected chi connectivity index (χ1v) is 9.50. The standard InChI is InChI=1S/C13H25ClO4S/c1-3-6-13(7-4-2,11-19(14,15)16)10-18-12-5-8-17-9-12/h12H,3-11H2,1-2H3. The zero-order valence-corrected chi connectivity index (χ0v) is 13.4. The van der Waals surface area contributed by atoms with Gasteiger partial charge >= 0.3 is 0 Å². The molecule has 1 saturated heterocycles.